The lowest BCUT2D eigenvalue weighted by Gasteiger charge is -2.31. The van der Waals surface area contributed by atoms with Crippen LogP contribution in [0.5, 0.6) is 0 Å². The Bertz CT molecular complexity index is 204. The molecule has 2 atom stereocenters. The number of carbonyl (C=O) groups is 1. The zero-order chi connectivity index (χ0) is 11.3. The van der Waals surface area contributed by atoms with Crippen molar-refractivity contribution in [1.82, 2.24) is 5.32 Å². The van der Waals surface area contributed by atoms with E-state index in [-0.39, 0.29) is 24.5 Å². The van der Waals surface area contributed by atoms with E-state index in [4.69, 9.17) is 0 Å². The van der Waals surface area contributed by atoms with E-state index < -0.39 is 0 Å². The standard InChI is InChI=1S/C12H23NO2/c1-9(2)7-12(15)13-11-6-4-3-5-10(11)8-14/h9-11,14H,3-8H2,1-2H3,(H,13,15). The Labute approximate surface area is 92.3 Å². The maximum atomic E-state index is 11.6. The molecule has 0 spiro atoms. The maximum Gasteiger partial charge on any atom is 0.220 e. The smallest absolute Gasteiger partial charge is 0.220 e. The second-order valence-corrected chi connectivity index (χ2v) is 5.00. The van der Waals surface area contributed by atoms with Crippen LogP contribution in [-0.2, 0) is 4.79 Å². The Morgan fingerprint density at radius 1 is 1.40 bits per heavy atom. The highest BCUT2D eigenvalue weighted by Crippen LogP contribution is 2.24. The summed E-state index contributed by atoms with van der Waals surface area (Å²) >= 11 is 0. The molecule has 0 aromatic rings. The largest absolute Gasteiger partial charge is 0.396 e. The molecule has 2 N–H and O–H groups in total. The van der Waals surface area contributed by atoms with Crippen molar-refractivity contribution in [2.24, 2.45) is 11.8 Å². The number of hydrogen-bond donors (Lipinski definition) is 2. The minimum Gasteiger partial charge on any atom is -0.396 e. The summed E-state index contributed by atoms with van der Waals surface area (Å²) in [6.45, 7) is 4.29. The Morgan fingerprint density at radius 3 is 2.67 bits per heavy atom. The van der Waals surface area contributed by atoms with E-state index >= 15 is 0 Å². The lowest BCUT2D eigenvalue weighted by molar-refractivity contribution is -0.123. The molecule has 1 aliphatic rings. The molecule has 1 amide bonds. The van der Waals surface area contributed by atoms with Crippen LogP contribution in [0.4, 0.5) is 0 Å². The van der Waals surface area contributed by atoms with Crippen molar-refractivity contribution in [3.63, 3.8) is 0 Å². The van der Waals surface area contributed by atoms with E-state index in [0.717, 1.165) is 12.8 Å². The van der Waals surface area contributed by atoms with Gasteiger partial charge in [-0.2, -0.15) is 0 Å². The van der Waals surface area contributed by atoms with Crippen molar-refractivity contribution in [3.8, 4) is 0 Å². The molecule has 0 bridgehead atoms. The number of nitrogens with one attached hydrogen (secondary N) is 1. The number of hydrogen-bond acceptors (Lipinski definition) is 2. The van der Waals surface area contributed by atoms with Gasteiger partial charge in [0.25, 0.3) is 0 Å². The molecular weight excluding hydrogens is 190 g/mol. The molecule has 1 rings (SSSR count). The highest BCUT2D eigenvalue weighted by atomic mass is 16.3. The third kappa shape index (κ3) is 4.20. The molecule has 2 unspecified atom stereocenters. The predicted molar refractivity (Wildman–Crippen MR) is 60.4 cm³/mol. The fraction of sp³-hybridized carbons (Fsp3) is 0.917. The van der Waals surface area contributed by atoms with E-state index in [2.05, 4.69) is 5.32 Å². The normalized spacial score (nSPS) is 26.7. The molecular formula is C12H23NO2. The third-order valence-electron chi connectivity index (χ3n) is 3.08. The molecule has 0 saturated heterocycles. The molecule has 0 aromatic heterocycles. The van der Waals surface area contributed by atoms with Crippen LogP contribution in [0.15, 0.2) is 0 Å². The van der Waals surface area contributed by atoms with E-state index in [0.29, 0.717) is 12.3 Å². The lowest BCUT2D eigenvalue weighted by Crippen LogP contribution is -2.43. The average molecular weight is 213 g/mol. The van der Waals surface area contributed by atoms with Crippen LogP contribution in [0.3, 0.4) is 0 Å². The summed E-state index contributed by atoms with van der Waals surface area (Å²) in [5.41, 5.74) is 0. The first-order chi connectivity index (χ1) is 7.13. The summed E-state index contributed by atoms with van der Waals surface area (Å²) in [6, 6.07) is 0.204. The first-order valence-corrected chi connectivity index (χ1v) is 6.03. The number of aliphatic hydroxyl groups excluding tert-OH is 1. The van der Waals surface area contributed by atoms with Crippen LogP contribution in [0.2, 0.25) is 0 Å². The molecule has 0 radical (unpaired) electrons. The van der Waals surface area contributed by atoms with Crippen LogP contribution in [0.1, 0.15) is 46.0 Å². The topological polar surface area (TPSA) is 49.3 Å². The second-order valence-electron chi connectivity index (χ2n) is 5.00. The summed E-state index contributed by atoms with van der Waals surface area (Å²) < 4.78 is 0. The van der Waals surface area contributed by atoms with Gasteiger partial charge in [0.05, 0.1) is 0 Å². The Morgan fingerprint density at radius 2 is 2.07 bits per heavy atom. The SMILES string of the molecule is CC(C)CC(=O)NC1CCCCC1CO. The molecule has 0 aliphatic heterocycles. The first kappa shape index (κ1) is 12.5. The van der Waals surface area contributed by atoms with Crippen LogP contribution in [0.25, 0.3) is 0 Å². The highest BCUT2D eigenvalue weighted by Gasteiger charge is 2.25. The van der Waals surface area contributed by atoms with Crippen molar-refractivity contribution in [3.05, 3.63) is 0 Å². The summed E-state index contributed by atoms with van der Waals surface area (Å²) in [5, 5.41) is 12.3. The zero-order valence-corrected chi connectivity index (χ0v) is 9.83. The Kier molecular flexibility index (Phi) is 5.09. The van der Waals surface area contributed by atoms with Gasteiger partial charge in [-0.05, 0) is 18.8 Å². The lowest BCUT2D eigenvalue weighted by atomic mass is 9.85. The van der Waals surface area contributed by atoms with Gasteiger partial charge in [0.2, 0.25) is 5.91 Å². The minimum atomic E-state index is 0.135. The van der Waals surface area contributed by atoms with Crippen molar-refractivity contribution in [2.45, 2.75) is 52.0 Å². The maximum absolute atomic E-state index is 11.6. The minimum absolute atomic E-state index is 0.135. The van der Waals surface area contributed by atoms with Gasteiger partial charge >= 0.3 is 0 Å². The van der Waals surface area contributed by atoms with Crippen molar-refractivity contribution in [2.75, 3.05) is 6.61 Å². The summed E-state index contributed by atoms with van der Waals surface area (Å²) in [5.74, 6) is 0.811. The molecule has 0 aromatic carbocycles. The van der Waals surface area contributed by atoms with Gasteiger partial charge in [-0.15, -0.1) is 0 Å². The molecule has 3 nitrogen and oxygen atoms in total. The van der Waals surface area contributed by atoms with Gasteiger partial charge in [-0.25, -0.2) is 0 Å². The number of rotatable bonds is 4. The molecule has 0 heterocycles. The molecule has 15 heavy (non-hydrogen) atoms. The molecule has 88 valence electrons. The van der Waals surface area contributed by atoms with E-state index in [1.165, 1.54) is 12.8 Å². The van der Waals surface area contributed by atoms with Gasteiger partial charge in [0.15, 0.2) is 0 Å². The Hall–Kier alpha value is -0.570. The molecule has 3 heteroatoms. The van der Waals surface area contributed by atoms with Crippen molar-refractivity contribution < 1.29 is 9.90 Å². The van der Waals surface area contributed by atoms with E-state index in [1.54, 1.807) is 0 Å². The molecule has 1 saturated carbocycles. The number of carbonyl (C=O) groups excluding carboxylic acids is 1. The van der Waals surface area contributed by atoms with E-state index in [9.17, 15) is 9.90 Å². The molecule has 1 fully saturated rings. The highest BCUT2D eigenvalue weighted by molar-refractivity contribution is 5.76. The predicted octanol–water partition coefficient (Wildman–Crippen LogP) is 1.70. The first-order valence-electron chi connectivity index (χ1n) is 6.03. The summed E-state index contributed by atoms with van der Waals surface area (Å²) in [7, 11) is 0. The summed E-state index contributed by atoms with van der Waals surface area (Å²) in [6.07, 6.45) is 5.01. The van der Waals surface area contributed by atoms with Crippen LogP contribution in [0, 0.1) is 11.8 Å². The van der Waals surface area contributed by atoms with E-state index in [1.807, 2.05) is 13.8 Å². The quantitative estimate of drug-likeness (QED) is 0.746. The van der Waals surface area contributed by atoms with Crippen LogP contribution in [-0.4, -0.2) is 23.7 Å². The summed E-state index contributed by atoms with van der Waals surface area (Å²) in [4.78, 5) is 11.6. The number of amides is 1. The zero-order valence-electron chi connectivity index (χ0n) is 9.83. The van der Waals surface area contributed by atoms with Crippen LogP contribution >= 0.6 is 0 Å². The van der Waals surface area contributed by atoms with Gasteiger partial charge in [-0.3, -0.25) is 4.79 Å². The molecule has 1 aliphatic carbocycles. The van der Waals surface area contributed by atoms with Gasteiger partial charge < -0.3 is 10.4 Å². The van der Waals surface area contributed by atoms with Gasteiger partial charge in [0, 0.05) is 25.0 Å². The Balaban J connectivity index is 2.37. The van der Waals surface area contributed by atoms with Crippen molar-refractivity contribution >= 4 is 5.91 Å². The van der Waals surface area contributed by atoms with Crippen molar-refractivity contribution in [1.29, 1.82) is 0 Å². The monoisotopic (exact) mass is 213 g/mol. The second kappa shape index (κ2) is 6.11. The fourth-order valence-electron chi connectivity index (χ4n) is 2.25. The number of aliphatic hydroxyl groups is 1. The average Bonchev–Trinajstić information content (AvgIpc) is 2.17. The fourth-order valence-corrected chi connectivity index (χ4v) is 2.25. The third-order valence-corrected chi connectivity index (χ3v) is 3.08. The van der Waals surface area contributed by atoms with Gasteiger partial charge in [0.1, 0.15) is 0 Å². The van der Waals surface area contributed by atoms with Crippen LogP contribution < -0.4 is 5.32 Å². The van der Waals surface area contributed by atoms with Gasteiger partial charge in [-0.1, -0.05) is 26.7 Å².